The second-order valence-corrected chi connectivity index (χ2v) is 6.07. The molecule has 0 atom stereocenters. The molecule has 0 aliphatic rings. The van der Waals surface area contributed by atoms with Gasteiger partial charge in [-0.25, -0.2) is 0 Å². The predicted octanol–water partition coefficient (Wildman–Crippen LogP) is 4.07. The van der Waals surface area contributed by atoms with Gasteiger partial charge in [-0.2, -0.15) is 0 Å². The van der Waals surface area contributed by atoms with Gasteiger partial charge in [-0.05, 0) is 35.1 Å². The molecule has 1 aromatic carbocycles. The van der Waals surface area contributed by atoms with Crippen LogP contribution in [0.1, 0.15) is 24.3 Å². The van der Waals surface area contributed by atoms with E-state index in [1.807, 2.05) is 6.07 Å². The number of hydrogen-bond donors (Lipinski definition) is 1. The molecule has 3 heteroatoms. The summed E-state index contributed by atoms with van der Waals surface area (Å²) in [6, 6.07) is 12.6. The molecule has 2 rings (SSSR count). The summed E-state index contributed by atoms with van der Waals surface area (Å²) in [5.74, 6) is 1.52. The normalized spacial score (nSPS) is 10.9. The predicted molar refractivity (Wildman–Crippen MR) is 81.6 cm³/mol. The van der Waals surface area contributed by atoms with Crippen LogP contribution in [0.3, 0.4) is 0 Å². The molecular weight excluding hydrogens is 254 g/mol. The highest BCUT2D eigenvalue weighted by atomic mass is 32.1. The van der Waals surface area contributed by atoms with Crippen LogP contribution in [0.25, 0.3) is 0 Å². The molecule has 1 aromatic heterocycles. The largest absolute Gasteiger partial charge is 0.493 e. The minimum absolute atomic E-state index is 0.556. The van der Waals surface area contributed by atoms with E-state index in [1.54, 1.807) is 11.3 Å². The third kappa shape index (κ3) is 5.05. The van der Waals surface area contributed by atoms with Gasteiger partial charge in [0.2, 0.25) is 0 Å². The quantitative estimate of drug-likeness (QED) is 0.822. The van der Waals surface area contributed by atoms with Crippen molar-refractivity contribution >= 4 is 11.3 Å². The Kier molecular flexibility index (Phi) is 5.43. The molecule has 0 unspecified atom stereocenters. The molecule has 2 aromatic rings. The zero-order valence-corrected chi connectivity index (χ0v) is 12.4. The van der Waals surface area contributed by atoms with Crippen LogP contribution < -0.4 is 10.1 Å². The molecule has 0 amide bonds. The van der Waals surface area contributed by atoms with Gasteiger partial charge in [0.15, 0.2) is 0 Å². The van der Waals surface area contributed by atoms with Crippen molar-refractivity contribution in [2.75, 3.05) is 6.61 Å². The molecule has 0 aliphatic heterocycles. The van der Waals surface area contributed by atoms with E-state index in [0.29, 0.717) is 5.92 Å². The van der Waals surface area contributed by atoms with Gasteiger partial charge in [0, 0.05) is 18.0 Å². The summed E-state index contributed by atoms with van der Waals surface area (Å²) in [6.07, 6.45) is 0. The minimum atomic E-state index is 0.556. The Hall–Kier alpha value is -1.32. The summed E-state index contributed by atoms with van der Waals surface area (Å²) < 4.78 is 5.73. The summed E-state index contributed by atoms with van der Waals surface area (Å²) in [5.41, 5.74) is 1.26. The summed E-state index contributed by atoms with van der Waals surface area (Å²) in [6.45, 7) is 6.89. The zero-order chi connectivity index (χ0) is 13.5. The van der Waals surface area contributed by atoms with Gasteiger partial charge in [-0.1, -0.05) is 32.0 Å². The topological polar surface area (TPSA) is 21.3 Å². The highest BCUT2D eigenvalue weighted by molar-refractivity contribution is 7.09. The monoisotopic (exact) mass is 275 g/mol. The molecule has 2 nitrogen and oxygen atoms in total. The molecule has 0 spiro atoms. The van der Waals surface area contributed by atoms with Crippen molar-refractivity contribution in [1.29, 1.82) is 0 Å². The van der Waals surface area contributed by atoms with Crippen LogP contribution in [0.15, 0.2) is 41.8 Å². The molecule has 19 heavy (non-hydrogen) atoms. The molecule has 0 saturated heterocycles. The van der Waals surface area contributed by atoms with Crippen LogP contribution in [-0.4, -0.2) is 6.61 Å². The van der Waals surface area contributed by atoms with Crippen LogP contribution >= 0.6 is 11.3 Å². The standard InChI is InChI=1S/C16H21NOS/c1-13(2)12-18-15-6-3-5-14(9-15)10-17-11-16-7-4-8-19-16/h3-9,13,17H,10-12H2,1-2H3. The number of rotatable bonds is 7. The molecule has 0 bridgehead atoms. The lowest BCUT2D eigenvalue weighted by molar-refractivity contribution is 0.271. The SMILES string of the molecule is CC(C)COc1cccc(CNCc2cccs2)c1. The maximum Gasteiger partial charge on any atom is 0.119 e. The maximum atomic E-state index is 5.73. The lowest BCUT2D eigenvalue weighted by Crippen LogP contribution is -2.12. The summed E-state index contributed by atoms with van der Waals surface area (Å²) >= 11 is 1.79. The molecule has 102 valence electrons. The molecule has 0 radical (unpaired) electrons. The van der Waals surface area contributed by atoms with E-state index in [2.05, 4.69) is 54.9 Å². The molecule has 0 saturated carbocycles. The fraction of sp³-hybridized carbons (Fsp3) is 0.375. The summed E-state index contributed by atoms with van der Waals surface area (Å²) in [7, 11) is 0. The smallest absolute Gasteiger partial charge is 0.119 e. The van der Waals surface area contributed by atoms with Crippen LogP contribution in [-0.2, 0) is 13.1 Å². The first-order valence-corrected chi connectivity index (χ1v) is 7.57. The van der Waals surface area contributed by atoms with Gasteiger partial charge in [0.05, 0.1) is 6.61 Å². The van der Waals surface area contributed by atoms with E-state index in [1.165, 1.54) is 10.4 Å². The van der Waals surface area contributed by atoms with Crippen LogP contribution in [0.2, 0.25) is 0 Å². The van der Waals surface area contributed by atoms with E-state index in [-0.39, 0.29) is 0 Å². The van der Waals surface area contributed by atoms with Crippen LogP contribution in [0, 0.1) is 5.92 Å². The first kappa shape index (κ1) is 14.1. The van der Waals surface area contributed by atoms with Crippen molar-refractivity contribution in [3.05, 3.63) is 52.2 Å². The zero-order valence-electron chi connectivity index (χ0n) is 11.6. The molecular formula is C16H21NOS. The van der Waals surface area contributed by atoms with Crippen molar-refractivity contribution in [3.8, 4) is 5.75 Å². The van der Waals surface area contributed by atoms with Gasteiger partial charge < -0.3 is 10.1 Å². The fourth-order valence-electron chi connectivity index (χ4n) is 1.75. The Morgan fingerprint density at radius 3 is 2.79 bits per heavy atom. The Balaban J connectivity index is 1.81. The third-order valence-corrected chi connectivity index (χ3v) is 3.57. The molecule has 0 aliphatic carbocycles. The number of ether oxygens (including phenoxy) is 1. The van der Waals surface area contributed by atoms with E-state index >= 15 is 0 Å². The molecule has 1 N–H and O–H groups in total. The lowest BCUT2D eigenvalue weighted by Gasteiger charge is -2.10. The minimum Gasteiger partial charge on any atom is -0.493 e. The maximum absolute atomic E-state index is 5.73. The van der Waals surface area contributed by atoms with E-state index < -0.39 is 0 Å². The van der Waals surface area contributed by atoms with Crippen LogP contribution in [0.5, 0.6) is 5.75 Å². The second kappa shape index (κ2) is 7.31. The number of benzene rings is 1. The van der Waals surface area contributed by atoms with Crippen molar-refractivity contribution in [1.82, 2.24) is 5.32 Å². The van der Waals surface area contributed by atoms with E-state index in [0.717, 1.165) is 25.4 Å². The van der Waals surface area contributed by atoms with E-state index in [9.17, 15) is 0 Å². The highest BCUT2D eigenvalue weighted by Gasteiger charge is 1.99. The molecule has 1 heterocycles. The van der Waals surface area contributed by atoms with Crippen LogP contribution in [0.4, 0.5) is 0 Å². The summed E-state index contributed by atoms with van der Waals surface area (Å²) in [4.78, 5) is 1.37. The average Bonchev–Trinajstić information content (AvgIpc) is 2.90. The van der Waals surface area contributed by atoms with E-state index in [4.69, 9.17) is 4.74 Å². The fourth-order valence-corrected chi connectivity index (χ4v) is 2.43. The first-order chi connectivity index (χ1) is 9.24. The first-order valence-electron chi connectivity index (χ1n) is 6.69. The van der Waals surface area contributed by atoms with Crippen molar-refractivity contribution in [2.45, 2.75) is 26.9 Å². The summed E-state index contributed by atoms with van der Waals surface area (Å²) in [5, 5.41) is 5.56. The van der Waals surface area contributed by atoms with Gasteiger partial charge in [-0.15, -0.1) is 11.3 Å². The Morgan fingerprint density at radius 2 is 2.05 bits per heavy atom. The van der Waals surface area contributed by atoms with Gasteiger partial charge in [0.1, 0.15) is 5.75 Å². The second-order valence-electron chi connectivity index (χ2n) is 5.04. The van der Waals surface area contributed by atoms with Crippen molar-refractivity contribution in [2.24, 2.45) is 5.92 Å². The highest BCUT2D eigenvalue weighted by Crippen LogP contribution is 2.14. The molecule has 0 fully saturated rings. The lowest BCUT2D eigenvalue weighted by atomic mass is 10.2. The number of nitrogens with one attached hydrogen (secondary N) is 1. The van der Waals surface area contributed by atoms with Gasteiger partial charge in [0.25, 0.3) is 0 Å². The van der Waals surface area contributed by atoms with Crippen molar-refractivity contribution < 1.29 is 4.74 Å². The Morgan fingerprint density at radius 1 is 1.16 bits per heavy atom. The average molecular weight is 275 g/mol. The number of hydrogen-bond acceptors (Lipinski definition) is 3. The van der Waals surface area contributed by atoms with Gasteiger partial charge >= 0.3 is 0 Å². The van der Waals surface area contributed by atoms with Crippen molar-refractivity contribution in [3.63, 3.8) is 0 Å². The Labute approximate surface area is 119 Å². The number of thiophene rings is 1. The third-order valence-electron chi connectivity index (χ3n) is 2.69. The Bertz CT molecular complexity index is 479. The van der Waals surface area contributed by atoms with Gasteiger partial charge in [-0.3, -0.25) is 0 Å².